The number of rotatable bonds is 5. The molecule has 35 heavy (non-hydrogen) atoms. The van der Waals surface area contributed by atoms with Crippen molar-refractivity contribution in [3.63, 3.8) is 0 Å². The van der Waals surface area contributed by atoms with Crippen LogP contribution < -0.4 is 14.4 Å². The Labute approximate surface area is 216 Å². The molecular weight excluding hydrogens is 515 g/mol. The van der Waals surface area contributed by atoms with Crippen molar-refractivity contribution < 1.29 is 24.2 Å². The lowest BCUT2D eigenvalue weighted by Gasteiger charge is -2.26. The van der Waals surface area contributed by atoms with Crippen molar-refractivity contribution in [2.75, 3.05) is 19.1 Å². The van der Waals surface area contributed by atoms with E-state index >= 15 is 0 Å². The molecule has 0 radical (unpaired) electrons. The Balaban J connectivity index is 2.04. The summed E-state index contributed by atoms with van der Waals surface area (Å²) in [4.78, 5) is 32.4. The van der Waals surface area contributed by atoms with Gasteiger partial charge in [0, 0.05) is 16.9 Å². The number of carbonyl (C=O) groups excluding carboxylic acids is 2. The molecule has 1 amide bonds. The highest BCUT2D eigenvalue weighted by Gasteiger charge is 2.48. The summed E-state index contributed by atoms with van der Waals surface area (Å²) >= 11 is 18.9. The molecule has 0 aliphatic carbocycles. The van der Waals surface area contributed by atoms with Crippen LogP contribution >= 0.6 is 34.8 Å². The number of amides is 1. The predicted molar refractivity (Wildman–Crippen MR) is 135 cm³/mol. The molecule has 1 N–H and O–H groups in total. The number of aromatic nitrogens is 1. The molecule has 7 nitrogen and oxygen atoms in total. The van der Waals surface area contributed by atoms with Crippen LogP contribution in [0.2, 0.25) is 15.1 Å². The minimum Gasteiger partial charge on any atom is -0.507 e. The summed E-state index contributed by atoms with van der Waals surface area (Å²) < 4.78 is 10.6. The average Bonchev–Trinajstić information content (AvgIpc) is 3.11. The van der Waals surface area contributed by atoms with E-state index in [9.17, 15) is 14.7 Å². The van der Waals surface area contributed by atoms with E-state index in [2.05, 4.69) is 4.98 Å². The van der Waals surface area contributed by atoms with Crippen LogP contribution in [0.3, 0.4) is 0 Å². The molecule has 2 heterocycles. The topological polar surface area (TPSA) is 89.0 Å². The van der Waals surface area contributed by atoms with Crippen LogP contribution in [0.5, 0.6) is 11.5 Å². The lowest BCUT2D eigenvalue weighted by atomic mass is 9.97. The molecular formula is C25H19Cl3N2O5. The van der Waals surface area contributed by atoms with Gasteiger partial charge in [0.05, 0.1) is 36.1 Å². The number of aliphatic hydroxyl groups is 1. The first-order valence-electron chi connectivity index (χ1n) is 10.3. The fourth-order valence-electron chi connectivity index (χ4n) is 4.03. The first-order valence-corrected chi connectivity index (χ1v) is 11.4. The number of carbonyl (C=O) groups is 2. The number of nitrogens with zero attached hydrogens (tertiary/aromatic N) is 2. The Morgan fingerprint density at radius 2 is 1.74 bits per heavy atom. The van der Waals surface area contributed by atoms with E-state index in [1.165, 1.54) is 31.4 Å². The first-order chi connectivity index (χ1) is 16.7. The zero-order chi connectivity index (χ0) is 25.4. The van der Waals surface area contributed by atoms with Crippen molar-refractivity contribution in [3.8, 4) is 11.5 Å². The maximum Gasteiger partial charge on any atom is 0.300 e. The SMILES string of the molecule is COc1c(Cl)cc(/C(O)=C2\C(=O)C(=O)N(c3cc(Cl)ccc3C)C2c2ccccn2)c(OC)c1Cl. The lowest BCUT2D eigenvalue weighted by Crippen LogP contribution is -2.30. The molecule has 1 fully saturated rings. The highest BCUT2D eigenvalue weighted by molar-refractivity contribution is 6.52. The first kappa shape index (κ1) is 24.9. The monoisotopic (exact) mass is 532 g/mol. The standard InChI is InChI=1S/C25H19Cl3N2O5/c1-12-7-8-13(26)10-17(12)30-20(16-6-4-5-9-29-16)18(22(32)25(30)33)21(31)14-11-15(27)24(35-3)19(28)23(14)34-2/h4-11,20,31H,1-3H3/b21-18+. The molecule has 4 rings (SSSR count). The summed E-state index contributed by atoms with van der Waals surface area (Å²) in [7, 11) is 2.72. The van der Waals surface area contributed by atoms with Crippen LogP contribution in [0, 0.1) is 6.92 Å². The van der Waals surface area contributed by atoms with Gasteiger partial charge < -0.3 is 14.6 Å². The normalized spacial score (nSPS) is 17.1. The maximum absolute atomic E-state index is 13.4. The molecule has 3 aromatic rings. The molecule has 0 bridgehead atoms. The van der Waals surface area contributed by atoms with Gasteiger partial charge in [-0.1, -0.05) is 46.9 Å². The zero-order valence-corrected chi connectivity index (χ0v) is 21.1. The third-order valence-corrected chi connectivity index (χ3v) is 6.50. The second-order valence-electron chi connectivity index (χ2n) is 7.64. The minimum absolute atomic E-state index is 0.00153. The Morgan fingerprint density at radius 1 is 1.03 bits per heavy atom. The number of anilines is 1. The van der Waals surface area contributed by atoms with Crippen molar-refractivity contribution in [3.05, 3.63) is 86.1 Å². The number of hydrogen-bond acceptors (Lipinski definition) is 6. The van der Waals surface area contributed by atoms with Gasteiger partial charge in [-0.25, -0.2) is 0 Å². The van der Waals surface area contributed by atoms with Gasteiger partial charge in [0.2, 0.25) is 0 Å². The van der Waals surface area contributed by atoms with Crippen LogP contribution in [-0.4, -0.2) is 36.0 Å². The van der Waals surface area contributed by atoms with Crippen molar-refractivity contribution in [2.24, 2.45) is 0 Å². The molecule has 1 aliphatic rings. The van der Waals surface area contributed by atoms with Crippen LogP contribution in [-0.2, 0) is 9.59 Å². The molecule has 1 atom stereocenters. The number of Topliss-reactive ketones (excluding diaryl/α,β-unsaturated/α-hetero) is 1. The second-order valence-corrected chi connectivity index (χ2v) is 8.86. The van der Waals surface area contributed by atoms with Crippen molar-refractivity contribution in [2.45, 2.75) is 13.0 Å². The number of aliphatic hydroxyl groups excluding tert-OH is 1. The van der Waals surface area contributed by atoms with E-state index in [0.29, 0.717) is 22.0 Å². The third kappa shape index (κ3) is 4.20. The highest BCUT2D eigenvalue weighted by atomic mass is 35.5. The number of pyridine rings is 1. The molecule has 10 heteroatoms. The molecule has 1 aromatic heterocycles. The number of ketones is 1. The second kappa shape index (κ2) is 9.77. The van der Waals surface area contributed by atoms with Crippen molar-refractivity contribution >= 4 is 57.9 Å². The quantitative estimate of drug-likeness (QED) is 0.246. The summed E-state index contributed by atoms with van der Waals surface area (Å²) in [6.45, 7) is 1.78. The van der Waals surface area contributed by atoms with Gasteiger partial charge in [-0.2, -0.15) is 0 Å². The van der Waals surface area contributed by atoms with Gasteiger partial charge in [-0.3, -0.25) is 19.5 Å². The molecule has 1 unspecified atom stereocenters. The number of hydrogen-bond donors (Lipinski definition) is 1. The zero-order valence-electron chi connectivity index (χ0n) is 18.8. The lowest BCUT2D eigenvalue weighted by molar-refractivity contribution is -0.132. The van der Waals surface area contributed by atoms with Crippen LogP contribution in [0.15, 0.2) is 54.2 Å². The summed E-state index contributed by atoms with van der Waals surface area (Å²) in [5, 5.41) is 11.9. The van der Waals surface area contributed by atoms with Gasteiger partial charge in [0.15, 0.2) is 11.5 Å². The van der Waals surface area contributed by atoms with E-state index in [4.69, 9.17) is 44.3 Å². The minimum atomic E-state index is -1.06. The van der Waals surface area contributed by atoms with Gasteiger partial charge >= 0.3 is 0 Å². The number of methoxy groups -OCH3 is 2. The predicted octanol–water partition coefficient (Wildman–Crippen LogP) is 5.99. The van der Waals surface area contributed by atoms with E-state index in [1.807, 2.05) is 0 Å². The van der Waals surface area contributed by atoms with E-state index in [0.717, 1.165) is 0 Å². The molecule has 0 spiro atoms. The molecule has 1 aliphatic heterocycles. The van der Waals surface area contributed by atoms with E-state index in [1.54, 1.807) is 43.3 Å². The summed E-state index contributed by atoms with van der Waals surface area (Å²) in [6.07, 6.45) is 1.53. The molecule has 0 saturated carbocycles. The third-order valence-electron chi connectivity index (χ3n) is 5.64. The fraction of sp³-hybridized carbons (Fsp3) is 0.160. The Morgan fingerprint density at radius 3 is 2.37 bits per heavy atom. The number of ether oxygens (including phenoxy) is 2. The van der Waals surface area contributed by atoms with Crippen molar-refractivity contribution in [1.82, 2.24) is 4.98 Å². The maximum atomic E-state index is 13.4. The Bertz CT molecular complexity index is 1380. The molecule has 180 valence electrons. The van der Waals surface area contributed by atoms with Gasteiger partial charge in [-0.15, -0.1) is 0 Å². The number of halogens is 3. The molecule has 2 aromatic carbocycles. The van der Waals surface area contributed by atoms with Crippen LogP contribution in [0.4, 0.5) is 5.69 Å². The van der Waals surface area contributed by atoms with Gasteiger partial charge in [0.1, 0.15) is 16.8 Å². The van der Waals surface area contributed by atoms with Crippen LogP contribution in [0.25, 0.3) is 5.76 Å². The Kier molecular flexibility index (Phi) is 6.94. The highest BCUT2D eigenvalue weighted by Crippen LogP contribution is 2.48. The van der Waals surface area contributed by atoms with Gasteiger partial charge in [0.25, 0.3) is 11.7 Å². The van der Waals surface area contributed by atoms with Crippen molar-refractivity contribution in [1.29, 1.82) is 0 Å². The largest absolute Gasteiger partial charge is 0.507 e. The number of benzene rings is 2. The fourth-order valence-corrected chi connectivity index (χ4v) is 4.89. The number of aryl methyl sites for hydroxylation is 1. The Hall–Kier alpha value is -3.26. The summed E-state index contributed by atoms with van der Waals surface area (Å²) in [6, 6.07) is 10.4. The summed E-state index contributed by atoms with van der Waals surface area (Å²) in [5.74, 6) is -2.13. The smallest absolute Gasteiger partial charge is 0.300 e. The summed E-state index contributed by atoms with van der Waals surface area (Å²) in [5.41, 5.74) is 1.28. The van der Waals surface area contributed by atoms with E-state index < -0.39 is 23.5 Å². The van der Waals surface area contributed by atoms with Crippen LogP contribution in [0.1, 0.15) is 22.9 Å². The van der Waals surface area contributed by atoms with E-state index in [-0.39, 0.29) is 32.7 Å². The average molecular weight is 534 g/mol. The van der Waals surface area contributed by atoms with Gasteiger partial charge in [-0.05, 0) is 42.8 Å². The molecule has 1 saturated heterocycles.